The fraction of sp³-hybridized carbons (Fsp3) is 0.424. The molecule has 1 aliphatic carbocycles. The third-order valence-corrected chi connectivity index (χ3v) is 8.88. The first-order chi connectivity index (χ1) is 19.8. The van der Waals surface area contributed by atoms with Gasteiger partial charge in [-0.2, -0.15) is 0 Å². The molecule has 8 heteroatoms. The van der Waals surface area contributed by atoms with Crippen LogP contribution in [0.25, 0.3) is 11.1 Å². The Morgan fingerprint density at radius 1 is 1.00 bits per heavy atom. The van der Waals surface area contributed by atoms with Crippen LogP contribution >= 0.6 is 0 Å². The number of rotatable bonds is 6. The molecule has 2 saturated heterocycles. The maximum atomic E-state index is 14.3. The summed E-state index contributed by atoms with van der Waals surface area (Å²) in [5.74, 6) is 0.538. The van der Waals surface area contributed by atoms with E-state index in [2.05, 4.69) is 24.0 Å². The number of anilines is 1. The summed E-state index contributed by atoms with van der Waals surface area (Å²) in [6, 6.07) is 14.1. The summed E-state index contributed by atoms with van der Waals surface area (Å²) in [7, 11) is 0. The highest BCUT2D eigenvalue weighted by atomic mass is 19.1. The minimum absolute atomic E-state index is 0.0169. The van der Waals surface area contributed by atoms with Crippen molar-refractivity contribution >= 4 is 17.6 Å². The average molecular weight is 557 g/mol. The Kier molecular flexibility index (Phi) is 6.61. The largest absolute Gasteiger partial charge is 0.333 e. The van der Waals surface area contributed by atoms with E-state index in [1.807, 2.05) is 18.2 Å². The molecule has 41 heavy (non-hydrogen) atoms. The molecule has 2 aromatic carbocycles. The number of alkyl halides is 1. The van der Waals surface area contributed by atoms with Crippen LogP contribution in [0, 0.1) is 11.7 Å². The second kappa shape index (κ2) is 10.3. The molecule has 0 unspecified atom stereocenters. The number of hydrogen-bond acceptors (Lipinski definition) is 4. The molecule has 1 aromatic heterocycles. The zero-order chi connectivity index (χ0) is 28.2. The van der Waals surface area contributed by atoms with Gasteiger partial charge in [0.05, 0.1) is 25.2 Å². The molecule has 3 fully saturated rings. The summed E-state index contributed by atoms with van der Waals surface area (Å²) in [6.07, 6.45) is 3.47. The molecule has 7 rings (SSSR count). The van der Waals surface area contributed by atoms with Crippen LogP contribution in [0.15, 0.2) is 48.5 Å². The van der Waals surface area contributed by atoms with Gasteiger partial charge in [0.2, 0.25) is 0 Å². The van der Waals surface area contributed by atoms with Gasteiger partial charge in [-0.05, 0) is 90.7 Å². The lowest BCUT2D eigenvalue weighted by Gasteiger charge is -2.34. The molecule has 1 atom stereocenters. The quantitative estimate of drug-likeness (QED) is 0.377. The first kappa shape index (κ1) is 26.3. The summed E-state index contributed by atoms with van der Waals surface area (Å²) < 4.78 is 27.8. The number of aromatic nitrogens is 1. The lowest BCUT2D eigenvalue weighted by atomic mass is 9.96. The fourth-order valence-corrected chi connectivity index (χ4v) is 6.45. The predicted molar refractivity (Wildman–Crippen MR) is 153 cm³/mol. The smallest absolute Gasteiger partial charge is 0.260 e. The van der Waals surface area contributed by atoms with Gasteiger partial charge in [-0.3, -0.25) is 19.4 Å². The van der Waals surface area contributed by atoms with Crippen LogP contribution in [-0.2, 0) is 13.1 Å². The second-order valence-corrected chi connectivity index (χ2v) is 12.3. The molecule has 3 aliphatic heterocycles. The molecule has 4 aliphatic rings. The SMILES string of the molecule is C[C@H]1CCCN(Cc2ccc3c(c2)C(=O)N(c2cc(-c4ccc(F)cc4C(=O)N4CC(F)C4)cc(C4CC4)n2)C3)C1. The van der Waals surface area contributed by atoms with Crippen LogP contribution in [-0.4, -0.2) is 58.9 Å². The van der Waals surface area contributed by atoms with Gasteiger partial charge in [-0.25, -0.2) is 13.8 Å². The van der Waals surface area contributed by atoms with Crippen LogP contribution < -0.4 is 4.90 Å². The van der Waals surface area contributed by atoms with Gasteiger partial charge in [0.25, 0.3) is 11.8 Å². The highest BCUT2D eigenvalue weighted by Crippen LogP contribution is 2.42. The Morgan fingerprint density at radius 2 is 1.83 bits per heavy atom. The molecule has 0 bridgehead atoms. The summed E-state index contributed by atoms with van der Waals surface area (Å²) in [4.78, 5) is 37.4. The number of amides is 2. The lowest BCUT2D eigenvalue weighted by molar-refractivity contribution is 0.0400. The van der Waals surface area contributed by atoms with Crippen LogP contribution in [0.5, 0.6) is 0 Å². The van der Waals surface area contributed by atoms with Crippen molar-refractivity contribution in [1.82, 2.24) is 14.8 Å². The zero-order valence-corrected chi connectivity index (χ0v) is 23.3. The molecule has 212 valence electrons. The normalized spacial score (nSPS) is 21.2. The molecule has 3 aromatic rings. The van der Waals surface area contributed by atoms with Crippen molar-refractivity contribution in [2.24, 2.45) is 5.92 Å². The number of fused-ring (bicyclic) bond motifs is 1. The van der Waals surface area contributed by atoms with E-state index >= 15 is 0 Å². The summed E-state index contributed by atoms with van der Waals surface area (Å²) >= 11 is 0. The van der Waals surface area contributed by atoms with Crippen molar-refractivity contribution in [1.29, 1.82) is 0 Å². The van der Waals surface area contributed by atoms with Crippen molar-refractivity contribution in [2.75, 3.05) is 31.1 Å². The molecular formula is C33H34F2N4O2. The van der Waals surface area contributed by atoms with Crippen molar-refractivity contribution in [3.8, 4) is 11.1 Å². The topological polar surface area (TPSA) is 56.8 Å². The number of hydrogen-bond donors (Lipinski definition) is 0. The first-order valence-corrected chi connectivity index (χ1v) is 14.7. The number of carbonyl (C=O) groups is 2. The highest BCUT2D eigenvalue weighted by molar-refractivity contribution is 6.10. The lowest BCUT2D eigenvalue weighted by Crippen LogP contribution is -2.51. The summed E-state index contributed by atoms with van der Waals surface area (Å²) in [5, 5.41) is 0. The zero-order valence-electron chi connectivity index (χ0n) is 23.3. The number of likely N-dealkylation sites (tertiary alicyclic amines) is 2. The van der Waals surface area contributed by atoms with E-state index in [1.54, 1.807) is 11.0 Å². The van der Waals surface area contributed by atoms with E-state index in [-0.39, 0.29) is 30.5 Å². The molecular weight excluding hydrogens is 522 g/mol. The maximum Gasteiger partial charge on any atom is 0.260 e. The number of benzene rings is 2. The van der Waals surface area contributed by atoms with Gasteiger partial charge in [0.1, 0.15) is 17.8 Å². The Bertz CT molecular complexity index is 1530. The average Bonchev–Trinajstić information content (AvgIpc) is 3.75. The number of nitrogens with zero attached hydrogens (tertiary/aromatic N) is 4. The molecule has 0 N–H and O–H groups in total. The Balaban J connectivity index is 1.20. The first-order valence-electron chi connectivity index (χ1n) is 14.7. The van der Waals surface area contributed by atoms with Crippen LogP contribution in [0.4, 0.5) is 14.6 Å². The standard InChI is InChI=1S/C33H34F2N4O2/c1-20-3-2-10-37(15-20)16-21-4-5-23-17-39(33(41)28(23)11-21)31-13-24(12-30(36-31)22-6-7-22)27-9-8-25(34)14-29(27)32(40)38-18-26(35)19-38/h4-5,8-9,11-14,20,22,26H,2-3,6-7,10,15-19H2,1H3/t20-/m0/s1. The highest BCUT2D eigenvalue weighted by Gasteiger charge is 2.35. The molecule has 4 heterocycles. The van der Waals surface area contributed by atoms with E-state index in [0.717, 1.165) is 49.3 Å². The number of carbonyl (C=O) groups excluding carboxylic acids is 2. The van der Waals surface area contributed by atoms with Crippen molar-refractivity contribution < 1.29 is 18.4 Å². The number of halogens is 2. The van der Waals surface area contributed by atoms with Crippen LogP contribution in [0.1, 0.15) is 76.1 Å². The van der Waals surface area contributed by atoms with Gasteiger partial charge in [-0.1, -0.05) is 25.1 Å². The Morgan fingerprint density at radius 3 is 2.59 bits per heavy atom. The van der Waals surface area contributed by atoms with E-state index in [1.165, 1.54) is 29.9 Å². The monoisotopic (exact) mass is 556 g/mol. The number of piperidine rings is 1. The van der Waals surface area contributed by atoms with Gasteiger partial charge in [0.15, 0.2) is 0 Å². The van der Waals surface area contributed by atoms with Crippen LogP contribution in [0.2, 0.25) is 0 Å². The van der Waals surface area contributed by atoms with Crippen molar-refractivity contribution in [2.45, 2.75) is 57.8 Å². The van der Waals surface area contributed by atoms with Gasteiger partial charge in [-0.15, -0.1) is 0 Å². The van der Waals surface area contributed by atoms with Gasteiger partial charge in [0, 0.05) is 30.3 Å². The predicted octanol–water partition coefficient (Wildman–Crippen LogP) is 5.95. The van der Waals surface area contributed by atoms with Crippen molar-refractivity contribution in [3.63, 3.8) is 0 Å². The van der Waals surface area contributed by atoms with E-state index < -0.39 is 12.0 Å². The number of pyridine rings is 1. The van der Waals surface area contributed by atoms with Crippen molar-refractivity contribution in [3.05, 3.63) is 82.3 Å². The Labute approximate surface area is 239 Å². The molecule has 0 spiro atoms. The van der Waals surface area contributed by atoms with Gasteiger partial charge >= 0.3 is 0 Å². The third kappa shape index (κ3) is 5.14. The minimum Gasteiger partial charge on any atom is -0.333 e. The second-order valence-electron chi connectivity index (χ2n) is 12.3. The van der Waals surface area contributed by atoms with E-state index in [9.17, 15) is 18.4 Å². The minimum atomic E-state index is -1.04. The summed E-state index contributed by atoms with van der Waals surface area (Å²) in [5.41, 5.74) is 5.17. The fourth-order valence-electron chi connectivity index (χ4n) is 6.45. The van der Waals surface area contributed by atoms with E-state index in [4.69, 9.17) is 4.98 Å². The molecule has 2 amide bonds. The van der Waals surface area contributed by atoms with E-state index in [0.29, 0.717) is 40.9 Å². The third-order valence-electron chi connectivity index (χ3n) is 8.88. The van der Waals surface area contributed by atoms with Crippen LogP contribution in [0.3, 0.4) is 0 Å². The maximum absolute atomic E-state index is 14.3. The molecule has 6 nitrogen and oxygen atoms in total. The Hall–Kier alpha value is -3.65. The van der Waals surface area contributed by atoms with Gasteiger partial charge < -0.3 is 4.90 Å². The summed E-state index contributed by atoms with van der Waals surface area (Å²) in [6.45, 7) is 5.76. The molecule has 0 radical (unpaired) electrons. The molecule has 1 saturated carbocycles.